The van der Waals surface area contributed by atoms with Gasteiger partial charge in [0.25, 0.3) is 5.91 Å². The fourth-order valence-corrected chi connectivity index (χ4v) is 1.01. The van der Waals surface area contributed by atoms with Crippen LogP contribution < -0.4 is 11.3 Å². The highest BCUT2D eigenvalue weighted by Crippen LogP contribution is 2.19. The minimum Gasteiger partial charge on any atom is -0.290 e. The van der Waals surface area contributed by atoms with E-state index in [0.29, 0.717) is 12.1 Å². The zero-order valence-electron chi connectivity index (χ0n) is 6.27. The number of nitrogen functional groups attached to an aromatic ring is 1. The van der Waals surface area contributed by atoms with Gasteiger partial charge >= 0.3 is 0 Å². The summed E-state index contributed by atoms with van der Waals surface area (Å²) in [7, 11) is 0. The first kappa shape index (κ1) is 9.88. The van der Waals surface area contributed by atoms with E-state index in [-0.39, 0.29) is 10.6 Å². The zero-order valence-corrected chi connectivity index (χ0v) is 7.03. The molecule has 0 radical (unpaired) electrons. The minimum absolute atomic E-state index is 0.193. The Bertz CT molecular complexity index is 357. The summed E-state index contributed by atoms with van der Waals surface area (Å²) >= 11 is 5.45. The van der Waals surface area contributed by atoms with Crippen LogP contribution in [-0.2, 0) is 0 Å². The van der Waals surface area contributed by atoms with E-state index in [4.69, 9.17) is 17.4 Å². The van der Waals surface area contributed by atoms with Crippen molar-refractivity contribution in [3.8, 4) is 0 Å². The van der Waals surface area contributed by atoms with Crippen LogP contribution in [0.4, 0.5) is 8.78 Å². The third-order valence-corrected chi connectivity index (χ3v) is 1.70. The Hall–Kier alpha value is -1.20. The van der Waals surface area contributed by atoms with Crippen LogP contribution >= 0.6 is 11.6 Å². The number of hydrogen-bond acceptors (Lipinski definition) is 2. The Kier molecular flexibility index (Phi) is 2.79. The molecule has 0 bridgehead atoms. The highest BCUT2D eigenvalue weighted by atomic mass is 35.5. The summed E-state index contributed by atoms with van der Waals surface area (Å²) in [6.07, 6.45) is 0. The highest BCUT2D eigenvalue weighted by Gasteiger charge is 2.13. The molecule has 0 saturated carbocycles. The second-order valence-corrected chi connectivity index (χ2v) is 2.63. The number of halogens is 3. The van der Waals surface area contributed by atoms with Gasteiger partial charge in [0.1, 0.15) is 0 Å². The average molecular weight is 207 g/mol. The normalized spacial score (nSPS) is 9.85. The lowest BCUT2D eigenvalue weighted by molar-refractivity contribution is 0.0953. The van der Waals surface area contributed by atoms with E-state index < -0.39 is 17.5 Å². The summed E-state index contributed by atoms with van der Waals surface area (Å²) in [5, 5.41) is -0.193. The summed E-state index contributed by atoms with van der Waals surface area (Å²) in [5.74, 6) is 1.75. The molecular weight excluding hydrogens is 202 g/mol. The van der Waals surface area contributed by atoms with E-state index in [0.717, 1.165) is 0 Å². The van der Waals surface area contributed by atoms with Crippen molar-refractivity contribution in [2.24, 2.45) is 5.84 Å². The first-order chi connectivity index (χ1) is 6.06. The van der Waals surface area contributed by atoms with Gasteiger partial charge < -0.3 is 0 Å². The summed E-state index contributed by atoms with van der Waals surface area (Å²) in [6.45, 7) is 0. The molecule has 0 fully saturated rings. The van der Waals surface area contributed by atoms with Gasteiger partial charge in [0.05, 0.1) is 10.6 Å². The Morgan fingerprint density at radius 1 is 1.38 bits per heavy atom. The number of carbonyl (C=O) groups excluding carboxylic acids is 1. The molecule has 0 aromatic heterocycles. The molecule has 1 aromatic carbocycles. The van der Waals surface area contributed by atoms with Crippen LogP contribution in [0.1, 0.15) is 10.4 Å². The van der Waals surface area contributed by atoms with Gasteiger partial charge in [-0.05, 0) is 12.1 Å². The fourth-order valence-electron chi connectivity index (χ4n) is 0.774. The quantitative estimate of drug-likeness (QED) is 0.314. The standard InChI is InChI=1S/C7H5ClF2N2O/c8-4-2-6(10)5(9)1-3(4)7(13)12-11/h1-2H,11H2,(H,12,13). The van der Waals surface area contributed by atoms with Gasteiger partial charge in [-0.1, -0.05) is 11.6 Å². The molecule has 0 spiro atoms. The van der Waals surface area contributed by atoms with Crippen LogP contribution in [-0.4, -0.2) is 5.91 Å². The van der Waals surface area contributed by atoms with Gasteiger partial charge in [-0.3, -0.25) is 10.2 Å². The predicted octanol–water partition coefficient (Wildman–Crippen LogP) is 1.22. The molecule has 1 amide bonds. The van der Waals surface area contributed by atoms with Crippen molar-refractivity contribution in [2.45, 2.75) is 0 Å². The van der Waals surface area contributed by atoms with Gasteiger partial charge in [-0.2, -0.15) is 0 Å². The Labute approximate surface area is 77.5 Å². The molecule has 0 atom stereocenters. The summed E-state index contributed by atoms with van der Waals surface area (Å²) < 4.78 is 25.1. The molecule has 1 rings (SSSR count). The molecule has 13 heavy (non-hydrogen) atoms. The maximum absolute atomic E-state index is 12.6. The Balaban J connectivity index is 3.23. The minimum atomic E-state index is -1.15. The van der Waals surface area contributed by atoms with Crippen molar-refractivity contribution in [1.29, 1.82) is 0 Å². The number of nitrogens with two attached hydrogens (primary N) is 1. The molecule has 0 unspecified atom stereocenters. The predicted molar refractivity (Wildman–Crippen MR) is 43.0 cm³/mol. The number of hydrogen-bond donors (Lipinski definition) is 2. The van der Waals surface area contributed by atoms with Crippen LogP contribution in [0.15, 0.2) is 12.1 Å². The summed E-state index contributed by atoms with van der Waals surface area (Å²) in [4.78, 5) is 10.9. The van der Waals surface area contributed by atoms with Gasteiger partial charge in [0, 0.05) is 0 Å². The number of rotatable bonds is 1. The molecule has 6 heteroatoms. The molecule has 0 saturated heterocycles. The van der Waals surface area contributed by atoms with E-state index in [1.807, 2.05) is 0 Å². The van der Waals surface area contributed by atoms with E-state index in [1.165, 1.54) is 0 Å². The molecule has 0 aliphatic carbocycles. The van der Waals surface area contributed by atoms with Crippen LogP contribution in [0.25, 0.3) is 0 Å². The molecular formula is C7H5ClF2N2O. The zero-order chi connectivity index (χ0) is 10.0. The first-order valence-corrected chi connectivity index (χ1v) is 3.59. The van der Waals surface area contributed by atoms with Crippen molar-refractivity contribution < 1.29 is 13.6 Å². The van der Waals surface area contributed by atoms with E-state index in [2.05, 4.69) is 0 Å². The van der Waals surface area contributed by atoms with Crippen LogP contribution in [0, 0.1) is 11.6 Å². The summed E-state index contributed by atoms with van der Waals surface area (Å²) in [5.41, 5.74) is 1.55. The highest BCUT2D eigenvalue weighted by molar-refractivity contribution is 6.33. The second kappa shape index (κ2) is 3.68. The van der Waals surface area contributed by atoms with E-state index in [9.17, 15) is 13.6 Å². The van der Waals surface area contributed by atoms with Crippen LogP contribution in [0.3, 0.4) is 0 Å². The number of benzene rings is 1. The molecule has 3 N–H and O–H groups in total. The fraction of sp³-hybridized carbons (Fsp3) is 0. The largest absolute Gasteiger partial charge is 0.290 e. The average Bonchev–Trinajstić information content (AvgIpc) is 2.10. The monoisotopic (exact) mass is 206 g/mol. The van der Waals surface area contributed by atoms with Crippen LogP contribution in [0.5, 0.6) is 0 Å². The Morgan fingerprint density at radius 3 is 2.46 bits per heavy atom. The second-order valence-electron chi connectivity index (χ2n) is 2.22. The molecule has 0 aliphatic heterocycles. The molecule has 0 aliphatic rings. The molecule has 0 heterocycles. The SMILES string of the molecule is NNC(=O)c1cc(F)c(F)cc1Cl. The van der Waals surface area contributed by atoms with Crippen molar-refractivity contribution in [1.82, 2.24) is 5.43 Å². The van der Waals surface area contributed by atoms with Gasteiger partial charge in [0.15, 0.2) is 11.6 Å². The molecule has 1 aromatic rings. The Morgan fingerprint density at radius 2 is 1.92 bits per heavy atom. The maximum Gasteiger partial charge on any atom is 0.266 e. The number of nitrogens with one attached hydrogen (secondary N) is 1. The van der Waals surface area contributed by atoms with Gasteiger partial charge in [0.2, 0.25) is 0 Å². The smallest absolute Gasteiger partial charge is 0.266 e. The van der Waals surface area contributed by atoms with E-state index in [1.54, 1.807) is 5.43 Å². The van der Waals surface area contributed by atoms with Crippen molar-refractivity contribution in [3.05, 3.63) is 34.4 Å². The topological polar surface area (TPSA) is 55.1 Å². The number of hydrazine groups is 1. The third kappa shape index (κ3) is 1.93. The third-order valence-electron chi connectivity index (χ3n) is 1.39. The van der Waals surface area contributed by atoms with Crippen molar-refractivity contribution in [3.63, 3.8) is 0 Å². The van der Waals surface area contributed by atoms with Gasteiger partial charge in [-0.15, -0.1) is 0 Å². The van der Waals surface area contributed by atoms with Crippen molar-refractivity contribution >= 4 is 17.5 Å². The lowest BCUT2D eigenvalue weighted by Crippen LogP contribution is -2.30. The molecule has 70 valence electrons. The lowest BCUT2D eigenvalue weighted by atomic mass is 10.2. The first-order valence-electron chi connectivity index (χ1n) is 3.21. The number of amides is 1. The van der Waals surface area contributed by atoms with Gasteiger partial charge in [-0.25, -0.2) is 14.6 Å². The molecule has 3 nitrogen and oxygen atoms in total. The lowest BCUT2D eigenvalue weighted by Gasteiger charge is -2.02. The van der Waals surface area contributed by atoms with E-state index >= 15 is 0 Å². The number of carbonyl (C=O) groups is 1. The van der Waals surface area contributed by atoms with Crippen LogP contribution in [0.2, 0.25) is 5.02 Å². The maximum atomic E-state index is 12.6. The summed E-state index contributed by atoms with van der Waals surface area (Å²) in [6, 6.07) is 1.39. The van der Waals surface area contributed by atoms with Crippen molar-refractivity contribution in [2.75, 3.05) is 0 Å².